The molecule has 0 heterocycles. The molecule has 0 N–H and O–H groups in total. The molecule has 0 aromatic heterocycles. The van der Waals surface area contributed by atoms with Crippen LogP contribution in [-0.2, 0) is 0 Å². The molecule has 0 aromatic rings. The topological polar surface area (TPSA) is 0 Å². The van der Waals surface area contributed by atoms with Crippen molar-refractivity contribution in [3.8, 4) is 0 Å². The molecule has 0 nitrogen and oxygen atoms in total. The fourth-order valence-corrected chi connectivity index (χ4v) is 0. The molecule has 0 spiro atoms. The fourth-order valence-electron chi connectivity index (χ4n) is 0. The summed E-state index contributed by atoms with van der Waals surface area (Å²) in [6.45, 7) is 1.47. The third kappa shape index (κ3) is 3.96. The Kier molecular flexibility index (Phi) is 2.19. The highest BCUT2D eigenvalue weighted by atomic mass is 35.5. The van der Waals surface area contributed by atoms with Gasteiger partial charge in [-0.05, 0) is 6.92 Å². The van der Waals surface area contributed by atoms with Crippen molar-refractivity contribution in [1.29, 1.82) is 0 Å². The van der Waals surface area contributed by atoms with E-state index in [-0.39, 0.29) is 5.03 Å². The zero-order valence-corrected chi connectivity index (χ0v) is 3.59. The Morgan fingerprint density at radius 3 is 2.20 bits per heavy atom. The Morgan fingerprint density at radius 2 is 2.20 bits per heavy atom. The lowest BCUT2D eigenvalue weighted by atomic mass is 10.7. The van der Waals surface area contributed by atoms with Crippen molar-refractivity contribution in [2.75, 3.05) is 0 Å². The second kappa shape index (κ2) is 2.21. The van der Waals surface area contributed by atoms with Crippen molar-refractivity contribution in [2.24, 2.45) is 0 Å². The SMILES string of the molecule is C/C(Cl)=C/F. The van der Waals surface area contributed by atoms with E-state index in [0.717, 1.165) is 0 Å². The summed E-state index contributed by atoms with van der Waals surface area (Å²) >= 11 is 4.95. The van der Waals surface area contributed by atoms with Crippen LogP contribution in [0.25, 0.3) is 0 Å². The van der Waals surface area contributed by atoms with Gasteiger partial charge in [0.2, 0.25) is 0 Å². The zero-order valence-electron chi connectivity index (χ0n) is 2.83. The monoisotopic (exact) mass is 94.0 g/mol. The highest BCUT2D eigenvalue weighted by Crippen LogP contribution is 1.95. The van der Waals surface area contributed by atoms with Gasteiger partial charge in [-0.3, -0.25) is 0 Å². The molecule has 0 saturated heterocycles. The van der Waals surface area contributed by atoms with Gasteiger partial charge in [0.25, 0.3) is 0 Å². The normalized spacial score (nSPS) is 12.2. The van der Waals surface area contributed by atoms with Crippen LogP contribution in [0.2, 0.25) is 0 Å². The van der Waals surface area contributed by atoms with Gasteiger partial charge in [-0.2, -0.15) is 0 Å². The van der Waals surface area contributed by atoms with E-state index in [9.17, 15) is 4.39 Å². The first-order valence-electron chi connectivity index (χ1n) is 1.20. The summed E-state index contributed by atoms with van der Waals surface area (Å²) < 4.78 is 10.8. The van der Waals surface area contributed by atoms with Gasteiger partial charge in [-0.1, -0.05) is 11.6 Å². The van der Waals surface area contributed by atoms with Gasteiger partial charge in [0.15, 0.2) is 0 Å². The predicted molar refractivity (Wildman–Crippen MR) is 20.7 cm³/mol. The molecule has 5 heavy (non-hydrogen) atoms. The third-order valence-corrected chi connectivity index (χ3v) is 0.233. The Bertz CT molecular complexity index is 44.9. The zero-order chi connectivity index (χ0) is 4.28. The predicted octanol–water partition coefficient (Wildman–Crippen LogP) is 2.06. The molecule has 0 radical (unpaired) electrons. The first kappa shape index (κ1) is 4.96. The first-order valence-corrected chi connectivity index (χ1v) is 1.57. The van der Waals surface area contributed by atoms with E-state index in [1.165, 1.54) is 6.92 Å². The molecule has 2 heteroatoms. The summed E-state index contributed by atoms with van der Waals surface area (Å²) in [6, 6.07) is 0. The van der Waals surface area contributed by atoms with Gasteiger partial charge in [-0.25, -0.2) is 4.39 Å². The Labute approximate surface area is 35.2 Å². The minimum atomic E-state index is 0.185. The number of rotatable bonds is 0. The van der Waals surface area contributed by atoms with E-state index in [1.807, 2.05) is 0 Å². The van der Waals surface area contributed by atoms with Crippen LogP contribution in [0.5, 0.6) is 0 Å². The lowest BCUT2D eigenvalue weighted by Gasteiger charge is -1.66. The van der Waals surface area contributed by atoms with Crippen molar-refractivity contribution in [3.05, 3.63) is 11.4 Å². The van der Waals surface area contributed by atoms with Crippen LogP contribution in [0.4, 0.5) is 4.39 Å². The second-order valence-electron chi connectivity index (χ2n) is 0.696. The Hall–Kier alpha value is -0.0400. The Morgan fingerprint density at radius 1 is 2.00 bits per heavy atom. The highest BCUT2D eigenvalue weighted by molar-refractivity contribution is 6.29. The molecule has 0 aliphatic heterocycles. The number of halogens is 2. The van der Waals surface area contributed by atoms with Gasteiger partial charge in [0, 0.05) is 5.03 Å². The molecule has 0 amide bonds. The van der Waals surface area contributed by atoms with E-state index in [1.54, 1.807) is 0 Å². The lowest BCUT2D eigenvalue weighted by molar-refractivity contribution is 0.716. The number of hydrogen-bond donors (Lipinski definition) is 0. The minimum Gasteiger partial charge on any atom is -0.214 e. The summed E-state index contributed by atoms with van der Waals surface area (Å²) in [4.78, 5) is 0. The molecule has 30 valence electrons. The van der Waals surface area contributed by atoms with Crippen molar-refractivity contribution < 1.29 is 4.39 Å². The van der Waals surface area contributed by atoms with E-state index in [4.69, 9.17) is 11.6 Å². The third-order valence-electron chi connectivity index (χ3n) is 0.150. The van der Waals surface area contributed by atoms with E-state index in [2.05, 4.69) is 0 Å². The maximum atomic E-state index is 10.8. The average molecular weight is 94.5 g/mol. The maximum absolute atomic E-state index is 10.8. The highest BCUT2D eigenvalue weighted by Gasteiger charge is 1.68. The summed E-state index contributed by atoms with van der Waals surface area (Å²) in [5, 5.41) is 0.185. The van der Waals surface area contributed by atoms with Gasteiger partial charge >= 0.3 is 0 Å². The molecular weight excluding hydrogens is 90.5 g/mol. The summed E-state index contributed by atoms with van der Waals surface area (Å²) in [5.41, 5.74) is 0. The van der Waals surface area contributed by atoms with E-state index < -0.39 is 0 Å². The summed E-state index contributed by atoms with van der Waals surface area (Å²) in [6.07, 6.45) is 0.349. The van der Waals surface area contributed by atoms with Gasteiger partial charge in [0.05, 0.1) is 0 Å². The van der Waals surface area contributed by atoms with Crippen molar-refractivity contribution in [3.63, 3.8) is 0 Å². The van der Waals surface area contributed by atoms with Crippen LogP contribution in [-0.4, -0.2) is 0 Å². The molecule has 0 bridgehead atoms. The minimum absolute atomic E-state index is 0.185. The molecular formula is C3H4ClF. The quantitative estimate of drug-likeness (QED) is 0.431. The van der Waals surface area contributed by atoms with Gasteiger partial charge < -0.3 is 0 Å². The Balaban J connectivity index is 3.14. The van der Waals surface area contributed by atoms with Crippen molar-refractivity contribution in [2.45, 2.75) is 6.92 Å². The maximum Gasteiger partial charge on any atom is 0.101 e. The van der Waals surface area contributed by atoms with Crippen LogP contribution in [0.3, 0.4) is 0 Å². The standard InChI is InChI=1S/C3H4ClF/c1-3(4)2-5/h2H,1H3/b3-2-. The molecule has 0 aromatic carbocycles. The smallest absolute Gasteiger partial charge is 0.101 e. The van der Waals surface area contributed by atoms with E-state index in [0.29, 0.717) is 6.33 Å². The molecule has 0 aliphatic rings. The van der Waals surface area contributed by atoms with Gasteiger partial charge in [0.1, 0.15) is 6.33 Å². The molecule has 0 atom stereocenters. The van der Waals surface area contributed by atoms with Crippen LogP contribution in [0.1, 0.15) is 6.92 Å². The number of allylic oxidation sites excluding steroid dienone is 1. The van der Waals surface area contributed by atoms with Crippen LogP contribution < -0.4 is 0 Å². The summed E-state index contributed by atoms with van der Waals surface area (Å²) in [7, 11) is 0. The van der Waals surface area contributed by atoms with Crippen molar-refractivity contribution >= 4 is 11.6 Å². The summed E-state index contributed by atoms with van der Waals surface area (Å²) in [5.74, 6) is 0. The second-order valence-corrected chi connectivity index (χ2v) is 1.29. The van der Waals surface area contributed by atoms with Gasteiger partial charge in [-0.15, -0.1) is 0 Å². The van der Waals surface area contributed by atoms with Crippen LogP contribution in [0, 0.1) is 0 Å². The van der Waals surface area contributed by atoms with Crippen LogP contribution >= 0.6 is 11.6 Å². The molecule has 0 fully saturated rings. The largest absolute Gasteiger partial charge is 0.214 e. The average Bonchev–Trinajstić information content (AvgIpc) is 1.38. The first-order chi connectivity index (χ1) is 2.27. The molecule has 0 saturated carbocycles. The fraction of sp³-hybridized carbons (Fsp3) is 0.333. The van der Waals surface area contributed by atoms with E-state index >= 15 is 0 Å². The van der Waals surface area contributed by atoms with Crippen LogP contribution in [0.15, 0.2) is 11.4 Å². The lowest BCUT2D eigenvalue weighted by Crippen LogP contribution is -1.43. The van der Waals surface area contributed by atoms with Crippen molar-refractivity contribution in [1.82, 2.24) is 0 Å². The molecule has 0 unspecified atom stereocenters. The molecule has 0 rings (SSSR count). The molecule has 0 aliphatic carbocycles. The number of hydrogen-bond acceptors (Lipinski definition) is 0.